The van der Waals surface area contributed by atoms with Crippen LogP contribution in [0.3, 0.4) is 0 Å². The van der Waals surface area contributed by atoms with Crippen molar-refractivity contribution in [3.05, 3.63) is 72.1 Å². The van der Waals surface area contributed by atoms with Crippen LogP contribution in [0.5, 0.6) is 5.75 Å². The van der Waals surface area contributed by atoms with E-state index in [9.17, 15) is 4.79 Å². The van der Waals surface area contributed by atoms with E-state index in [-0.39, 0.29) is 5.91 Å². The Balaban J connectivity index is 1.14. The van der Waals surface area contributed by atoms with Crippen LogP contribution in [-0.2, 0) is 11.2 Å². The monoisotopic (exact) mass is 473 g/mol. The third-order valence-electron chi connectivity index (χ3n) is 7.23. The van der Waals surface area contributed by atoms with Gasteiger partial charge in [-0.25, -0.2) is 0 Å². The van der Waals surface area contributed by atoms with Gasteiger partial charge in [0.2, 0.25) is 0 Å². The highest BCUT2D eigenvalue weighted by Gasteiger charge is 2.22. The number of fused-ring (bicyclic) bond motifs is 1. The van der Waals surface area contributed by atoms with Crippen molar-refractivity contribution >= 4 is 16.7 Å². The van der Waals surface area contributed by atoms with Gasteiger partial charge in [0.25, 0.3) is 5.91 Å². The number of hydrogen-bond acceptors (Lipinski definition) is 5. The summed E-state index contributed by atoms with van der Waals surface area (Å²) in [5.74, 6) is 1.48. The molecule has 3 aromatic rings. The highest BCUT2D eigenvalue weighted by Crippen LogP contribution is 2.25. The van der Waals surface area contributed by atoms with Crippen molar-refractivity contribution in [2.45, 2.75) is 25.7 Å². The summed E-state index contributed by atoms with van der Waals surface area (Å²) in [7, 11) is 0. The summed E-state index contributed by atoms with van der Waals surface area (Å²) in [6.07, 6.45) is 8.07. The maximum Gasteiger partial charge on any atom is 0.253 e. The third-order valence-corrected chi connectivity index (χ3v) is 7.23. The molecule has 6 nitrogen and oxygen atoms in total. The zero-order valence-electron chi connectivity index (χ0n) is 20.4. The molecule has 184 valence electrons. The molecule has 1 amide bonds. The molecular formula is C29H35N3O3. The lowest BCUT2D eigenvalue weighted by molar-refractivity contribution is 0.0322. The van der Waals surface area contributed by atoms with Crippen LogP contribution in [0.25, 0.3) is 10.8 Å². The van der Waals surface area contributed by atoms with Crippen molar-refractivity contribution in [2.75, 3.05) is 52.5 Å². The second-order valence-electron chi connectivity index (χ2n) is 9.68. The van der Waals surface area contributed by atoms with Crippen LogP contribution in [0.4, 0.5) is 0 Å². The maximum atomic E-state index is 13.3. The van der Waals surface area contributed by atoms with Gasteiger partial charge in [0.15, 0.2) is 0 Å². The van der Waals surface area contributed by atoms with Crippen LogP contribution in [0.15, 0.2) is 60.9 Å². The van der Waals surface area contributed by atoms with Crippen LogP contribution in [-0.4, -0.2) is 73.2 Å². The Hall–Kier alpha value is -2.96. The van der Waals surface area contributed by atoms with E-state index in [1.54, 1.807) is 0 Å². The maximum absolute atomic E-state index is 13.3. The summed E-state index contributed by atoms with van der Waals surface area (Å²) >= 11 is 0. The fourth-order valence-corrected chi connectivity index (χ4v) is 5.18. The van der Waals surface area contributed by atoms with Crippen molar-refractivity contribution in [3.8, 4) is 5.75 Å². The number of nitrogens with zero attached hydrogens (tertiary/aromatic N) is 3. The van der Waals surface area contributed by atoms with Gasteiger partial charge in [-0.15, -0.1) is 0 Å². The van der Waals surface area contributed by atoms with Gasteiger partial charge < -0.3 is 14.4 Å². The minimum absolute atomic E-state index is 0.113. The van der Waals surface area contributed by atoms with Crippen molar-refractivity contribution in [3.63, 3.8) is 0 Å². The molecule has 6 heteroatoms. The lowest BCUT2D eigenvalue weighted by Crippen LogP contribution is -2.38. The number of amides is 1. The number of carbonyl (C=O) groups excluding carboxylic acids is 1. The highest BCUT2D eigenvalue weighted by molar-refractivity contribution is 5.94. The molecule has 0 spiro atoms. The largest absolute Gasteiger partial charge is 0.492 e. The summed E-state index contributed by atoms with van der Waals surface area (Å²) in [6.45, 7) is 6.62. The molecule has 2 fully saturated rings. The van der Waals surface area contributed by atoms with Gasteiger partial charge in [-0.2, -0.15) is 0 Å². The Morgan fingerprint density at radius 1 is 1.00 bits per heavy atom. The third kappa shape index (κ3) is 6.38. The summed E-state index contributed by atoms with van der Waals surface area (Å²) < 4.78 is 11.4. The molecule has 0 radical (unpaired) electrons. The summed E-state index contributed by atoms with van der Waals surface area (Å²) in [4.78, 5) is 21.9. The van der Waals surface area contributed by atoms with Gasteiger partial charge in [0.05, 0.1) is 13.2 Å². The Morgan fingerprint density at radius 3 is 2.83 bits per heavy atom. The van der Waals surface area contributed by atoms with Crippen molar-refractivity contribution in [1.82, 2.24) is 14.8 Å². The first-order valence-corrected chi connectivity index (χ1v) is 12.9. The van der Waals surface area contributed by atoms with E-state index in [2.05, 4.69) is 34.1 Å². The van der Waals surface area contributed by atoms with E-state index >= 15 is 0 Å². The SMILES string of the molecule is O=C(c1cccc(OCCN2CCOCC2)c1)N1CCC[C@@H](Cc2ccc3cnccc3c2)CC1. The molecule has 35 heavy (non-hydrogen) atoms. The molecule has 1 aromatic heterocycles. The molecule has 0 N–H and O–H groups in total. The number of morpholine rings is 1. The molecule has 5 rings (SSSR count). The first kappa shape index (κ1) is 23.8. The van der Waals surface area contributed by atoms with E-state index in [1.165, 1.54) is 16.3 Å². The fraction of sp³-hybridized carbons (Fsp3) is 0.448. The van der Waals surface area contributed by atoms with Gasteiger partial charge in [-0.3, -0.25) is 14.7 Å². The smallest absolute Gasteiger partial charge is 0.253 e. The first-order chi connectivity index (χ1) is 17.2. The number of likely N-dealkylation sites (tertiary alicyclic amines) is 1. The van der Waals surface area contributed by atoms with Crippen LogP contribution < -0.4 is 4.74 Å². The highest BCUT2D eigenvalue weighted by atomic mass is 16.5. The number of rotatable bonds is 7. The summed E-state index contributed by atoms with van der Waals surface area (Å²) in [5, 5.41) is 2.43. The summed E-state index contributed by atoms with van der Waals surface area (Å²) in [6, 6.07) is 16.4. The number of benzene rings is 2. The molecule has 1 atom stereocenters. The average Bonchev–Trinajstić information content (AvgIpc) is 3.14. The van der Waals surface area contributed by atoms with Gasteiger partial charge in [-0.1, -0.05) is 24.3 Å². The first-order valence-electron chi connectivity index (χ1n) is 12.9. The zero-order valence-corrected chi connectivity index (χ0v) is 20.4. The second-order valence-corrected chi connectivity index (χ2v) is 9.68. The number of aromatic nitrogens is 1. The van der Waals surface area contributed by atoms with E-state index in [1.807, 2.05) is 41.6 Å². The number of carbonyl (C=O) groups is 1. The fourth-order valence-electron chi connectivity index (χ4n) is 5.18. The van der Waals surface area contributed by atoms with E-state index < -0.39 is 0 Å². The lowest BCUT2D eigenvalue weighted by Gasteiger charge is -2.26. The van der Waals surface area contributed by atoms with Gasteiger partial charge in [0, 0.05) is 56.1 Å². The Morgan fingerprint density at radius 2 is 1.91 bits per heavy atom. The van der Waals surface area contributed by atoms with E-state index in [4.69, 9.17) is 9.47 Å². The van der Waals surface area contributed by atoms with E-state index in [0.717, 1.165) is 82.9 Å². The van der Waals surface area contributed by atoms with Crippen molar-refractivity contribution < 1.29 is 14.3 Å². The quantitative estimate of drug-likeness (QED) is 0.508. The minimum Gasteiger partial charge on any atom is -0.492 e. The predicted molar refractivity (Wildman–Crippen MR) is 138 cm³/mol. The van der Waals surface area contributed by atoms with E-state index in [0.29, 0.717) is 12.5 Å². The normalized spacial score (nSPS) is 19.4. The molecule has 0 bridgehead atoms. The number of pyridine rings is 1. The molecule has 0 saturated carbocycles. The number of hydrogen-bond donors (Lipinski definition) is 0. The molecular weight excluding hydrogens is 438 g/mol. The molecule has 0 aliphatic carbocycles. The van der Waals surface area contributed by atoms with Crippen LogP contribution in [0.1, 0.15) is 35.2 Å². The zero-order chi connectivity index (χ0) is 23.9. The van der Waals surface area contributed by atoms with Crippen LogP contribution in [0.2, 0.25) is 0 Å². The van der Waals surface area contributed by atoms with Gasteiger partial charge >= 0.3 is 0 Å². The average molecular weight is 474 g/mol. The van der Waals surface area contributed by atoms with Crippen molar-refractivity contribution in [2.24, 2.45) is 5.92 Å². The summed E-state index contributed by atoms with van der Waals surface area (Å²) in [5.41, 5.74) is 2.09. The standard InChI is InChI=1S/C29H35N3O3/c33-29(26-4-1-5-28(21-26)35-18-15-31-13-16-34-17-14-31)32-11-2-3-23(9-12-32)19-24-6-7-27-22-30-10-8-25(27)20-24/h1,4-8,10,20-23H,2-3,9,11-19H2/t23-/m1/s1. The molecule has 2 saturated heterocycles. The topological polar surface area (TPSA) is 54.9 Å². The second kappa shape index (κ2) is 11.6. The molecule has 3 heterocycles. The predicted octanol–water partition coefficient (Wildman–Crippen LogP) is 4.43. The number of ether oxygens (including phenoxy) is 2. The lowest BCUT2D eigenvalue weighted by atomic mass is 9.92. The Labute approximate surface area is 207 Å². The Bertz CT molecular complexity index is 1130. The van der Waals surface area contributed by atoms with Crippen molar-refractivity contribution in [1.29, 1.82) is 0 Å². The van der Waals surface area contributed by atoms with Crippen LogP contribution in [0, 0.1) is 5.92 Å². The van der Waals surface area contributed by atoms with Crippen LogP contribution >= 0.6 is 0 Å². The molecule has 0 unspecified atom stereocenters. The molecule has 2 aliphatic heterocycles. The van der Waals surface area contributed by atoms with Gasteiger partial charge in [0.1, 0.15) is 12.4 Å². The molecule has 2 aromatic carbocycles. The minimum atomic E-state index is 0.113. The molecule has 2 aliphatic rings. The Kier molecular flexibility index (Phi) is 7.91. The van der Waals surface area contributed by atoms with Gasteiger partial charge in [-0.05, 0) is 66.8 Å².